The van der Waals surface area contributed by atoms with E-state index >= 15 is 0 Å². The van der Waals surface area contributed by atoms with Crippen molar-refractivity contribution in [1.82, 2.24) is 20.0 Å². The second-order valence-corrected chi connectivity index (χ2v) is 5.95. The van der Waals surface area contributed by atoms with Crippen molar-refractivity contribution in [3.63, 3.8) is 0 Å². The van der Waals surface area contributed by atoms with Gasteiger partial charge in [0.2, 0.25) is 5.76 Å². The number of hydrogen-bond acceptors (Lipinski definition) is 5. The Labute approximate surface area is 134 Å². The molecule has 0 aliphatic carbocycles. The fourth-order valence-electron chi connectivity index (χ4n) is 3.01. The SMILES string of the molecule is Cn1cc(CN2C[C@@H](F)C[C@H]2CNCc2ccc(C#N)o2)cn1. The summed E-state index contributed by atoms with van der Waals surface area (Å²) in [7, 11) is 1.88. The summed E-state index contributed by atoms with van der Waals surface area (Å²) in [5.74, 6) is 1.03. The molecule has 6 nitrogen and oxygen atoms in total. The number of hydrogen-bond donors (Lipinski definition) is 1. The Bertz CT molecular complexity index is 689. The van der Waals surface area contributed by atoms with Gasteiger partial charge in [0.25, 0.3) is 0 Å². The molecule has 0 unspecified atom stereocenters. The molecule has 122 valence electrons. The number of nitrogens with zero attached hydrogens (tertiary/aromatic N) is 4. The Morgan fingerprint density at radius 1 is 1.52 bits per heavy atom. The first-order valence-electron chi connectivity index (χ1n) is 7.69. The Hall–Kier alpha value is -2.17. The lowest BCUT2D eigenvalue weighted by atomic mass is 10.2. The third-order valence-corrected chi connectivity index (χ3v) is 4.07. The molecule has 23 heavy (non-hydrogen) atoms. The zero-order valence-corrected chi connectivity index (χ0v) is 13.1. The number of halogens is 1. The van der Waals surface area contributed by atoms with E-state index in [1.54, 1.807) is 16.8 Å². The van der Waals surface area contributed by atoms with E-state index in [2.05, 4.69) is 15.3 Å². The van der Waals surface area contributed by atoms with E-state index in [0.717, 1.165) is 11.3 Å². The zero-order chi connectivity index (χ0) is 16.2. The smallest absolute Gasteiger partial charge is 0.203 e. The molecule has 1 fully saturated rings. The third kappa shape index (κ3) is 3.97. The molecule has 2 aromatic rings. The van der Waals surface area contributed by atoms with Gasteiger partial charge in [-0.2, -0.15) is 10.4 Å². The molecule has 0 amide bonds. The van der Waals surface area contributed by atoms with Gasteiger partial charge in [-0.25, -0.2) is 4.39 Å². The van der Waals surface area contributed by atoms with E-state index in [1.807, 2.05) is 25.5 Å². The second-order valence-electron chi connectivity index (χ2n) is 5.95. The van der Waals surface area contributed by atoms with Gasteiger partial charge in [0, 0.05) is 44.5 Å². The lowest BCUT2D eigenvalue weighted by Gasteiger charge is -2.23. The van der Waals surface area contributed by atoms with Crippen molar-refractivity contribution in [1.29, 1.82) is 5.26 Å². The van der Waals surface area contributed by atoms with Gasteiger partial charge in [-0.05, 0) is 18.6 Å². The van der Waals surface area contributed by atoms with Crippen LogP contribution in [0.5, 0.6) is 0 Å². The molecule has 2 aromatic heterocycles. The first-order chi connectivity index (χ1) is 11.1. The van der Waals surface area contributed by atoms with Crippen LogP contribution in [0, 0.1) is 11.3 Å². The number of likely N-dealkylation sites (tertiary alicyclic amines) is 1. The number of furan rings is 1. The summed E-state index contributed by atoms with van der Waals surface area (Å²) in [5.41, 5.74) is 1.09. The average molecular weight is 317 g/mol. The van der Waals surface area contributed by atoms with E-state index in [0.29, 0.717) is 38.4 Å². The minimum atomic E-state index is -0.785. The zero-order valence-electron chi connectivity index (χ0n) is 13.1. The number of nitrogens with one attached hydrogen (secondary N) is 1. The fraction of sp³-hybridized carbons (Fsp3) is 0.500. The van der Waals surface area contributed by atoms with Gasteiger partial charge in [-0.3, -0.25) is 9.58 Å². The highest BCUT2D eigenvalue weighted by Gasteiger charge is 2.31. The van der Waals surface area contributed by atoms with E-state index in [1.165, 1.54) is 0 Å². The van der Waals surface area contributed by atoms with Crippen molar-refractivity contribution in [2.24, 2.45) is 7.05 Å². The summed E-state index contributed by atoms with van der Waals surface area (Å²) < 4.78 is 20.9. The van der Waals surface area contributed by atoms with Crippen molar-refractivity contribution in [2.75, 3.05) is 13.1 Å². The molecular formula is C16H20FN5O. The predicted octanol–water partition coefficient (Wildman–Crippen LogP) is 1.59. The van der Waals surface area contributed by atoms with Crippen molar-refractivity contribution in [3.8, 4) is 6.07 Å². The van der Waals surface area contributed by atoms with Gasteiger partial charge in [0.15, 0.2) is 0 Å². The monoisotopic (exact) mass is 317 g/mol. The topological polar surface area (TPSA) is 70.0 Å². The van der Waals surface area contributed by atoms with Crippen LogP contribution in [0.4, 0.5) is 4.39 Å². The molecule has 0 radical (unpaired) electrons. The Morgan fingerprint density at radius 2 is 2.39 bits per heavy atom. The summed E-state index contributed by atoms with van der Waals surface area (Å²) in [5, 5.41) is 16.2. The van der Waals surface area contributed by atoms with E-state index < -0.39 is 6.17 Å². The number of aryl methyl sites for hydroxylation is 1. The molecule has 1 N–H and O–H groups in total. The fourth-order valence-corrected chi connectivity index (χ4v) is 3.01. The van der Waals surface area contributed by atoms with E-state index in [-0.39, 0.29) is 6.04 Å². The highest BCUT2D eigenvalue weighted by atomic mass is 19.1. The molecule has 3 heterocycles. The molecule has 0 saturated carbocycles. The maximum atomic E-state index is 13.8. The Balaban J connectivity index is 1.51. The highest BCUT2D eigenvalue weighted by molar-refractivity contribution is 5.19. The minimum absolute atomic E-state index is 0.149. The van der Waals surface area contributed by atoms with Crippen molar-refractivity contribution >= 4 is 0 Å². The van der Waals surface area contributed by atoms with E-state index in [9.17, 15) is 4.39 Å². The van der Waals surface area contributed by atoms with E-state index in [4.69, 9.17) is 9.68 Å². The average Bonchev–Trinajstić information content (AvgIpc) is 3.21. The lowest BCUT2D eigenvalue weighted by molar-refractivity contribution is 0.229. The van der Waals surface area contributed by atoms with Crippen LogP contribution in [0.25, 0.3) is 0 Å². The lowest BCUT2D eigenvalue weighted by Crippen LogP contribution is -2.37. The maximum Gasteiger partial charge on any atom is 0.203 e. The molecule has 0 spiro atoms. The molecule has 0 bridgehead atoms. The summed E-state index contributed by atoms with van der Waals surface area (Å²) in [6, 6.07) is 5.54. The highest BCUT2D eigenvalue weighted by Crippen LogP contribution is 2.22. The van der Waals surface area contributed by atoms with Gasteiger partial charge in [-0.15, -0.1) is 0 Å². The van der Waals surface area contributed by atoms with Crippen LogP contribution >= 0.6 is 0 Å². The minimum Gasteiger partial charge on any atom is -0.449 e. The summed E-state index contributed by atoms with van der Waals surface area (Å²) >= 11 is 0. The molecule has 0 aromatic carbocycles. The number of alkyl halides is 1. The normalized spacial score (nSPS) is 21.6. The molecule has 3 rings (SSSR count). The van der Waals surface area contributed by atoms with Gasteiger partial charge < -0.3 is 9.73 Å². The number of rotatable bonds is 6. The van der Waals surface area contributed by atoms with Gasteiger partial charge in [0.1, 0.15) is 18.0 Å². The predicted molar refractivity (Wildman–Crippen MR) is 82.0 cm³/mol. The second kappa shape index (κ2) is 6.94. The largest absolute Gasteiger partial charge is 0.449 e. The molecule has 1 saturated heterocycles. The third-order valence-electron chi connectivity index (χ3n) is 4.07. The summed E-state index contributed by atoms with van der Waals surface area (Å²) in [6.07, 6.45) is 3.53. The standard InChI is InChI=1S/C16H20FN5O/c1-21-9-12(6-20-21)10-22-11-13(17)4-14(22)7-19-8-16-3-2-15(5-18)23-16/h2-3,6,9,13-14,19H,4,7-8,10-11H2,1H3/t13-,14-/m0/s1. The number of nitriles is 1. The summed E-state index contributed by atoms with van der Waals surface area (Å²) in [6.45, 7) is 2.39. The van der Waals surface area contributed by atoms with Gasteiger partial charge >= 0.3 is 0 Å². The van der Waals surface area contributed by atoms with Crippen LogP contribution in [0.1, 0.15) is 23.5 Å². The first kappa shape index (κ1) is 15.7. The maximum absolute atomic E-state index is 13.8. The molecule has 1 aliphatic rings. The first-order valence-corrected chi connectivity index (χ1v) is 7.69. The van der Waals surface area contributed by atoms with Gasteiger partial charge in [-0.1, -0.05) is 0 Å². The van der Waals surface area contributed by atoms with Crippen LogP contribution in [-0.4, -0.2) is 40.0 Å². The molecule has 2 atom stereocenters. The summed E-state index contributed by atoms with van der Waals surface area (Å²) in [4.78, 5) is 2.15. The van der Waals surface area contributed by atoms with Crippen molar-refractivity contribution in [2.45, 2.75) is 31.7 Å². The number of aromatic nitrogens is 2. The van der Waals surface area contributed by atoms with Crippen molar-refractivity contribution < 1.29 is 8.81 Å². The molecular weight excluding hydrogens is 297 g/mol. The molecule has 1 aliphatic heterocycles. The van der Waals surface area contributed by atoms with Crippen LogP contribution in [0.3, 0.4) is 0 Å². The molecule has 7 heteroatoms. The Morgan fingerprint density at radius 3 is 3.09 bits per heavy atom. The van der Waals surface area contributed by atoms with Crippen molar-refractivity contribution in [3.05, 3.63) is 41.6 Å². The van der Waals surface area contributed by atoms with Crippen LogP contribution in [0.15, 0.2) is 28.9 Å². The Kier molecular flexibility index (Phi) is 4.74. The quantitative estimate of drug-likeness (QED) is 0.876. The van der Waals surface area contributed by atoms with Crippen LogP contribution in [0.2, 0.25) is 0 Å². The van der Waals surface area contributed by atoms with Crippen LogP contribution < -0.4 is 5.32 Å². The van der Waals surface area contributed by atoms with Crippen LogP contribution in [-0.2, 0) is 20.1 Å². The van der Waals surface area contributed by atoms with Gasteiger partial charge in [0.05, 0.1) is 12.7 Å².